The van der Waals surface area contributed by atoms with Crippen LogP contribution < -0.4 is 5.32 Å². The van der Waals surface area contributed by atoms with Gasteiger partial charge in [-0.25, -0.2) is 0 Å². The Morgan fingerprint density at radius 2 is 2.00 bits per heavy atom. The van der Waals surface area contributed by atoms with Crippen LogP contribution in [0.25, 0.3) is 0 Å². The first-order valence-corrected chi connectivity index (χ1v) is 5.33. The molecule has 1 rings (SSSR count). The average Bonchev–Trinajstić information content (AvgIpc) is 2.27. The third kappa shape index (κ3) is 3.77. The van der Waals surface area contributed by atoms with Crippen molar-refractivity contribution in [3.63, 3.8) is 0 Å². The maximum atomic E-state index is 11.5. The second kappa shape index (κ2) is 6.05. The van der Waals surface area contributed by atoms with Gasteiger partial charge < -0.3 is 20.3 Å². The van der Waals surface area contributed by atoms with Crippen LogP contribution in [0.4, 0.5) is 0 Å². The molecular weight excluding hydrogens is 198 g/mol. The summed E-state index contributed by atoms with van der Waals surface area (Å²) in [5.74, 6) is -0.111. The first kappa shape index (κ1) is 12.4. The van der Waals surface area contributed by atoms with Crippen molar-refractivity contribution in [2.24, 2.45) is 0 Å². The third-order valence-electron chi connectivity index (χ3n) is 2.72. The van der Waals surface area contributed by atoms with Crippen molar-refractivity contribution in [2.45, 2.75) is 31.2 Å². The van der Waals surface area contributed by atoms with Crippen molar-refractivity contribution in [3.8, 4) is 0 Å². The Labute approximate surface area is 89.4 Å². The van der Waals surface area contributed by atoms with Gasteiger partial charge in [-0.3, -0.25) is 4.79 Å². The number of carbonyl (C=O) groups is 1. The summed E-state index contributed by atoms with van der Waals surface area (Å²) in [7, 11) is 0. The van der Waals surface area contributed by atoms with Gasteiger partial charge in [0.05, 0.1) is 12.1 Å². The lowest BCUT2D eigenvalue weighted by Gasteiger charge is -2.36. The number of hydrogen-bond donors (Lipinski definition) is 3. The topological polar surface area (TPSA) is 78.8 Å². The quantitative estimate of drug-likeness (QED) is 0.575. The van der Waals surface area contributed by atoms with Gasteiger partial charge in [0.25, 0.3) is 0 Å². The minimum Gasteiger partial charge on any atom is -0.396 e. The van der Waals surface area contributed by atoms with Crippen LogP contribution in [0.1, 0.15) is 25.7 Å². The first-order valence-electron chi connectivity index (χ1n) is 5.33. The molecule has 0 saturated carbocycles. The summed E-state index contributed by atoms with van der Waals surface area (Å²) in [4.78, 5) is 11.5. The smallest absolute Gasteiger partial charge is 0.220 e. The van der Waals surface area contributed by atoms with Gasteiger partial charge in [0.2, 0.25) is 5.91 Å². The molecule has 0 unspecified atom stereocenters. The second-order valence-electron chi connectivity index (χ2n) is 3.93. The van der Waals surface area contributed by atoms with Crippen LogP contribution >= 0.6 is 0 Å². The SMILES string of the molecule is O=C(CCCO)NC1(CO)CCOCC1. The molecule has 1 aliphatic heterocycles. The maximum Gasteiger partial charge on any atom is 0.220 e. The number of aliphatic hydroxyl groups is 2. The normalized spacial score (nSPS) is 19.9. The van der Waals surface area contributed by atoms with E-state index in [9.17, 15) is 9.90 Å². The van der Waals surface area contributed by atoms with E-state index in [2.05, 4.69) is 5.32 Å². The predicted molar refractivity (Wildman–Crippen MR) is 54.3 cm³/mol. The largest absolute Gasteiger partial charge is 0.396 e. The zero-order chi connectivity index (χ0) is 11.1. The summed E-state index contributed by atoms with van der Waals surface area (Å²) >= 11 is 0. The van der Waals surface area contributed by atoms with Crippen molar-refractivity contribution in [1.29, 1.82) is 0 Å². The minimum absolute atomic E-state index is 0.0165. The van der Waals surface area contributed by atoms with Crippen molar-refractivity contribution in [2.75, 3.05) is 26.4 Å². The Kier molecular flexibility index (Phi) is 5.01. The molecule has 0 atom stereocenters. The van der Waals surface area contributed by atoms with Crippen LogP contribution in [0.5, 0.6) is 0 Å². The van der Waals surface area contributed by atoms with E-state index in [1.54, 1.807) is 0 Å². The van der Waals surface area contributed by atoms with Crippen molar-refractivity contribution in [1.82, 2.24) is 5.32 Å². The van der Waals surface area contributed by atoms with Crippen LogP contribution in [-0.4, -0.2) is 48.1 Å². The van der Waals surface area contributed by atoms with E-state index in [-0.39, 0.29) is 19.1 Å². The zero-order valence-corrected chi connectivity index (χ0v) is 8.87. The number of hydrogen-bond acceptors (Lipinski definition) is 4. The molecular formula is C10H19NO4. The lowest BCUT2D eigenvalue weighted by molar-refractivity contribution is -0.125. The standard InChI is InChI=1S/C10H19NO4/c12-5-1-2-9(14)11-10(8-13)3-6-15-7-4-10/h12-13H,1-8H2,(H,11,14). The summed E-state index contributed by atoms with van der Waals surface area (Å²) in [5, 5.41) is 20.7. The Morgan fingerprint density at radius 1 is 1.33 bits per heavy atom. The van der Waals surface area contributed by atoms with Crippen LogP contribution in [0.3, 0.4) is 0 Å². The number of nitrogens with one attached hydrogen (secondary N) is 1. The number of rotatable bonds is 5. The van der Waals surface area contributed by atoms with Gasteiger partial charge in [-0.1, -0.05) is 0 Å². The second-order valence-corrected chi connectivity index (χ2v) is 3.93. The van der Waals surface area contributed by atoms with Gasteiger partial charge in [0, 0.05) is 26.2 Å². The van der Waals surface area contributed by atoms with Gasteiger partial charge in [-0.2, -0.15) is 0 Å². The van der Waals surface area contributed by atoms with Gasteiger partial charge in [-0.05, 0) is 19.3 Å². The van der Waals surface area contributed by atoms with E-state index < -0.39 is 5.54 Å². The fraction of sp³-hybridized carbons (Fsp3) is 0.900. The number of aliphatic hydroxyl groups excluding tert-OH is 2. The van der Waals surface area contributed by atoms with Crippen molar-refractivity contribution in [3.05, 3.63) is 0 Å². The number of carbonyl (C=O) groups excluding carboxylic acids is 1. The maximum absolute atomic E-state index is 11.5. The molecule has 15 heavy (non-hydrogen) atoms. The lowest BCUT2D eigenvalue weighted by Crippen LogP contribution is -2.54. The van der Waals surface area contributed by atoms with Gasteiger partial charge in [0.15, 0.2) is 0 Å². The number of ether oxygens (including phenoxy) is 1. The molecule has 1 heterocycles. The third-order valence-corrected chi connectivity index (χ3v) is 2.72. The first-order chi connectivity index (χ1) is 7.22. The van der Waals surface area contributed by atoms with E-state index in [4.69, 9.17) is 9.84 Å². The monoisotopic (exact) mass is 217 g/mol. The summed E-state index contributed by atoms with van der Waals surface area (Å²) in [6.45, 7) is 1.10. The molecule has 0 aromatic carbocycles. The van der Waals surface area contributed by atoms with Crippen molar-refractivity contribution >= 4 is 5.91 Å². The summed E-state index contributed by atoms with van der Waals surface area (Å²) in [6, 6.07) is 0. The molecule has 0 radical (unpaired) electrons. The number of amides is 1. The van der Waals surface area contributed by atoms with E-state index in [1.165, 1.54) is 0 Å². The van der Waals surface area contributed by atoms with Crippen molar-refractivity contribution < 1.29 is 19.7 Å². The van der Waals surface area contributed by atoms with E-state index in [0.29, 0.717) is 38.9 Å². The fourth-order valence-corrected chi connectivity index (χ4v) is 1.68. The molecule has 5 nitrogen and oxygen atoms in total. The lowest BCUT2D eigenvalue weighted by atomic mass is 9.91. The van der Waals surface area contributed by atoms with Crippen LogP contribution in [-0.2, 0) is 9.53 Å². The Balaban J connectivity index is 2.40. The van der Waals surface area contributed by atoms with E-state index >= 15 is 0 Å². The molecule has 1 saturated heterocycles. The van der Waals surface area contributed by atoms with E-state index in [1.807, 2.05) is 0 Å². The van der Waals surface area contributed by atoms with Crippen LogP contribution in [0.2, 0.25) is 0 Å². The molecule has 1 fully saturated rings. The summed E-state index contributed by atoms with van der Waals surface area (Å²) in [5.41, 5.74) is -0.509. The molecule has 88 valence electrons. The molecule has 1 amide bonds. The molecule has 0 bridgehead atoms. The molecule has 0 aromatic heterocycles. The molecule has 0 aromatic rings. The highest BCUT2D eigenvalue weighted by molar-refractivity contribution is 5.76. The minimum atomic E-state index is -0.509. The molecule has 3 N–H and O–H groups in total. The van der Waals surface area contributed by atoms with Gasteiger partial charge in [0.1, 0.15) is 0 Å². The molecule has 0 aliphatic carbocycles. The van der Waals surface area contributed by atoms with Crippen LogP contribution in [0, 0.1) is 0 Å². The molecule has 5 heteroatoms. The highest BCUT2D eigenvalue weighted by Gasteiger charge is 2.33. The predicted octanol–water partition coefficient (Wildman–Crippen LogP) is -0.583. The summed E-state index contributed by atoms with van der Waals surface area (Å²) in [6.07, 6.45) is 2.06. The average molecular weight is 217 g/mol. The van der Waals surface area contributed by atoms with E-state index in [0.717, 1.165) is 0 Å². The van der Waals surface area contributed by atoms with Gasteiger partial charge in [-0.15, -0.1) is 0 Å². The zero-order valence-electron chi connectivity index (χ0n) is 8.87. The van der Waals surface area contributed by atoms with Crippen LogP contribution in [0.15, 0.2) is 0 Å². The Hall–Kier alpha value is -0.650. The summed E-state index contributed by atoms with van der Waals surface area (Å²) < 4.78 is 5.19. The Bertz CT molecular complexity index is 202. The molecule has 0 spiro atoms. The highest BCUT2D eigenvalue weighted by atomic mass is 16.5. The fourth-order valence-electron chi connectivity index (χ4n) is 1.68. The molecule has 1 aliphatic rings. The Morgan fingerprint density at radius 3 is 2.53 bits per heavy atom. The van der Waals surface area contributed by atoms with Gasteiger partial charge >= 0.3 is 0 Å². The highest BCUT2D eigenvalue weighted by Crippen LogP contribution is 2.20.